The highest BCUT2D eigenvalue weighted by atomic mass is 79.9. The minimum absolute atomic E-state index is 0.752. The zero-order valence-electron chi connectivity index (χ0n) is 8.80. The van der Waals surface area contributed by atoms with Crippen molar-refractivity contribution in [2.75, 3.05) is 18.8 Å². The van der Waals surface area contributed by atoms with Gasteiger partial charge in [0.25, 0.3) is 0 Å². The summed E-state index contributed by atoms with van der Waals surface area (Å²) in [6.45, 7) is 2.31. The molecule has 2 rings (SSSR count). The minimum atomic E-state index is 0.752. The van der Waals surface area contributed by atoms with E-state index in [1.54, 1.807) is 0 Å². The number of hydrogen-bond acceptors (Lipinski definition) is 2. The Labute approximate surface area is 99.4 Å². The van der Waals surface area contributed by atoms with Crippen LogP contribution in [0.3, 0.4) is 0 Å². The van der Waals surface area contributed by atoms with Gasteiger partial charge in [-0.2, -0.15) is 0 Å². The summed E-state index contributed by atoms with van der Waals surface area (Å²) in [6, 6.07) is 6.20. The number of rotatable bonds is 2. The molecule has 1 aromatic carbocycles. The van der Waals surface area contributed by atoms with Crippen LogP contribution >= 0.6 is 15.9 Å². The van der Waals surface area contributed by atoms with Crippen molar-refractivity contribution in [3.8, 4) is 0 Å². The van der Waals surface area contributed by atoms with Gasteiger partial charge >= 0.3 is 0 Å². The molecular weight excluding hydrogens is 252 g/mol. The Morgan fingerprint density at radius 3 is 3.00 bits per heavy atom. The van der Waals surface area contributed by atoms with Crippen LogP contribution in [0.5, 0.6) is 0 Å². The van der Waals surface area contributed by atoms with Crippen LogP contribution in [-0.4, -0.2) is 13.1 Å². The molecule has 1 atom stereocenters. The largest absolute Gasteiger partial charge is 0.398 e. The van der Waals surface area contributed by atoms with Gasteiger partial charge in [-0.1, -0.05) is 22.0 Å². The molecule has 1 fully saturated rings. The number of benzene rings is 1. The highest BCUT2D eigenvalue weighted by molar-refractivity contribution is 9.10. The maximum absolute atomic E-state index is 5.99. The number of piperidine rings is 1. The van der Waals surface area contributed by atoms with Crippen molar-refractivity contribution in [2.45, 2.75) is 19.3 Å². The van der Waals surface area contributed by atoms with Gasteiger partial charge in [0.1, 0.15) is 0 Å². The molecule has 2 nitrogen and oxygen atoms in total. The lowest BCUT2D eigenvalue weighted by molar-refractivity contribution is 0.376. The average Bonchev–Trinajstić information content (AvgIpc) is 2.24. The summed E-state index contributed by atoms with van der Waals surface area (Å²) >= 11 is 3.43. The number of nitrogens with one attached hydrogen (secondary N) is 1. The second-order valence-electron chi connectivity index (χ2n) is 4.26. The van der Waals surface area contributed by atoms with Gasteiger partial charge in [0.2, 0.25) is 0 Å². The molecule has 1 saturated heterocycles. The zero-order chi connectivity index (χ0) is 10.7. The standard InChI is InChI=1S/C12H17BrN2/c13-11-4-3-10(12(14)7-11)6-9-2-1-5-15-8-9/h3-4,7,9,15H,1-2,5-6,8,14H2. The van der Waals surface area contributed by atoms with Crippen LogP contribution in [0.15, 0.2) is 22.7 Å². The van der Waals surface area contributed by atoms with Gasteiger partial charge < -0.3 is 11.1 Å². The quantitative estimate of drug-likeness (QED) is 0.810. The highest BCUT2D eigenvalue weighted by Gasteiger charge is 2.14. The monoisotopic (exact) mass is 268 g/mol. The molecule has 0 spiro atoms. The van der Waals surface area contributed by atoms with E-state index >= 15 is 0 Å². The van der Waals surface area contributed by atoms with Crippen molar-refractivity contribution in [1.29, 1.82) is 0 Å². The molecule has 1 unspecified atom stereocenters. The smallest absolute Gasteiger partial charge is 0.0357 e. The van der Waals surface area contributed by atoms with Crippen LogP contribution in [0.4, 0.5) is 5.69 Å². The summed E-state index contributed by atoms with van der Waals surface area (Å²) in [7, 11) is 0. The van der Waals surface area contributed by atoms with Gasteiger partial charge in [0.15, 0.2) is 0 Å². The molecule has 15 heavy (non-hydrogen) atoms. The molecule has 1 aliphatic heterocycles. The highest BCUT2D eigenvalue weighted by Crippen LogP contribution is 2.23. The Kier molecular flexibility index (Phi) is 3.65. The van der Waals surface area contributed by atoms with Crippen LogP contribution < -0.4 is 11.1 Å². The van der Waals surface area contributed by atoms with E-state index in [1.165, 1.54) is 24.9 Å². The molecule has 0 aliphatic carbocycles. The second kappa shape index (κ2) is 4.99. The predicted molar refractivity (Wildman–Crippen MR) is 67.9 cm³/mol. The first-order chi connectivity index (χ1) is 7.25. The number of hydrogen-bond donors (Lipinski definition) is 2. The van der Waals surface area contributed by atoms with Crippen molar-refractivity contribution in [1.82, 2.24) is 5.32 Å². The Bertz CT molecular complexity index is 332. The maximum Gasteiger partial charge on any atom is 0.0357 e. The maximum atomic E-state index is 5.99. The summed E-state index contributed by atoms with van der Waals surface area (Å²) in [5.41, 5.74) is 8.18. The Morgan fingerprint density at radius 2 is 2.33 bits per heavy atom. The lowest BCUT2D eigenvalue weighted by Crippen LogP contribution is -2.30. The average molecular weight is 269 g/mol. The van der Waals surface area contributed by atoms with E-state index in [1.807, 2.05) is 6.07 Å². The second-order valence-corrected chi connectivity index (χ2v) is 5.18. The van der Waals surface area contributed by atoms with Crippen molar-refractivity contribution >= 4 is 21.6 Å². The first-order valence-electron chi connectivity index (χ1n) is 5.50. The summed E-state index contributed by atoms with van der Waals surface area (Å²) in [4.78, 5) is 0. The molecule has 0 radical (unpaired) electrons. The first kappa shape index (κ1) is 11.0. The molecule has 1 heterocycles. The zero-order valence-corrected chi connectivity index (χ0v) is 10.4. The molecular formula is C12H17BrN2. The van der Waals surface area contributed by atoms with Crippen LogP contribution in [0.1, 0.15) is 18.4 Å². The summed E-state index contributed by atoms with van der Waals surface area (Å²) < 4.78 is 1.06. The molecule has 3 N–H and O–H groups in total. The van der Waals surface area contributed by atoms with Gasteiger partial charge in [0.05, 0.1) is 0 Å². The topological polar surface area (TPSA) is 38.0 Å². The molecule has 0 aromatic heterocycles. The van der Waals surface area contributed by atoms with Crippen LogP contribution in [0.2, 0.25) is 0 Å². The van der Waals surface area contributed by atoms with Gasteiger partial charge in [-0.05, 0) is 56.0 Å². The van der Waals surface area contributed by atoms with Crippen LogP contribution in [0.25, 0.3) is 0 Å². The minimum Gasteiger partial charge on any atom is -0.398 e. The van der Waals surface area contributed by atoms with E-state index < -0.39 is 0 Å². The number of nitrogen functional groups attached to an aromatic ring is 1. The van der Waals surface area contributed by atoms with E-state index in [2.05, 4.69) is 33.4 Å². The third kappa shape index (κ3) is 2.95. The SMILES string of the molecule is Nc1cc(Br)ccc1CC1CCCNC1. The Balaban J connectivity index is 2.03. The van der Waals surface area contributed by atoms with Crippen LogP contribution in [-0.2, 0) is 6.42 Å². The normalized spacial score (nSPS) is 21.5. The molecule has 0 bridgehead atoms. The fourth-order valence-corrected chi connectivity index (χ4v) is 2.54. The lowest BCUT2D eigenvalue weighted by atomic mass is 9.92. The van der Waals surface area contributed by atoms with Crippen molar-refractivity contribution in [3.63, 3.8) is 0 Å². The van der Waals surface area contributed by atoms with E-state index in [-0.39, 0.29) is 0 Å². The molecule has 1 aliphatic rings. The van der Waals surface area contributed by atoms with E-state index in [0.29, 0.717) is 0 Å². The Morgan fingerprint density at radius 1 is 1.47 bits per heavy atom. The first-order valence-corrected chi connectivity index (χ1v) is 6.29. The molecule has 3 heteroatoms. The molecule has 82 valence electrons. The fourth-order valence-electron chi connectivity index (χ4n) is 2.16. The Hall–Kier alpha value is -0.540. The third-order valence-corrected chi connectivity index (χ3v) is 3.51. The summed E-state index contributed by atoms with van der Waals surface area (Å²) in [5.74, 6) is 0.752. The van der Waals surface area contributed by atoms with Gasteiger partial charge in [-0.25, -0.2) is 0 Å². The number of nitrogens with two attached hydrogens (primary N) is 1. The van der Waals surface area contributed by atoms with E-state index in [4.69, 9.17) is 5.73 Å². The molecule has 1 aromatic rings. The molecule has 0 saturated carbocycles. The van der Waals surface area contributed by atoms with Crippen molar-refractivity contribution < 1.29 is 0 Å². The van der Waals surface area contributed by atoms with Gasteiger partial charge in [0, 0.05) is 10.2 Å². The summed E-state index contributed by atoms with van der Waals surface area (Å²) in [5, 5.41) is 3.44. The summed E-state index contributed by atoms with van der Waals surface area (Å²) in [6.07, 6.45) is 3.72. The van der Waals surface area contributed by atoms with Crippen molar-refractivity contribution in [3.05, 3.63) is 28.2 Å². The third-order valence-electron chi connectivity index (χ3n) is 3.02. The fraction of sp³-hybridized carbons (Fsp3) is 0.500. The van der Waals surface area contributed by atoms with Gasteiger partial charge in [-0.15, -0.1) is 0 Å². The molecule has 0 amide bonds. The predicted octanol–water partition coefficient (Wildman–Crippen LogP) is 2.57. The van der Waals surface area contributed by atoms with Crippen LogP contribution in [0, 0.1) is 5.92 Å². The lowest BCUT2D eigenvalue weighted by Gasteiger charge is -2.23. The van der Waals surface area contributed by atoms with Crippen molar-refractivity contribution in [2.24, 2.45) is 5.92 Å². The van der Waals surface area contributed by atoms with Gasteiger partial charge in [-0.3, -0.25) is 0 Å². The number of halogens is 1. The number of anilines is 1. The van der Waals surface area contributed by atoms with E-state index in [9.17, 15) is 0 Å². The van der Waals surface area contributed by atoms with E-state index in [0.717, 1.165) is 29.0 Å².